The maximum absolute atomic E-state index is 10.7. The highest BCUT2D eigenvalue weighted by atomic mass is 16.5. The van der Waals surface area contributed by atoms with Crippen molar-refractivity contribution in [1.29, 1.82) is 0 Å². The number of methoxy groups -OCH3 is 1. The summed E-state index contributed by atoms with van der Waals surface area (Å²) in [5, 5.41) is 11.6. The smallest absolute Gasteiger partial charge is 0.325 e. The zero-order valence-corrected chi connectivity index (χ0v) is 6.42. The first-order valence-corrected chi connectivity index (χ1v) is 3.06. The van der Waals surface area contributed by atoms with E-state index in [0.29, 0.717) is 0 Å². The van der Waals surface area contributed by atoms with Gasteiger partial charge >= 0.3 is 5.97 Å². The first-order valence-electron chi connectivity index (χ1n) is 3.06. The third kappa shape index (κ3) is 2.33. The van der Waals surface area contributed by atoms with Crippen molar-refractivity contribution in [3.05, 3.63) is 0 Å². The van der Waals surface area contributed by atoms with Gasteiger partial charge in [0.05, 0.1) is 13.2 Å². The van der Waals surface area contributed by atoms with Crippen LogP contribution in [0.4, 0.5) is 0 Å². The molecule has 0 aliphatic heterocycles. The Bertz CT molecular complexity index is 114. The van der Waals surface area contributed by atoms with Crippen LogP contribution in [0.5, 0.6) is 0 Å². The van der Waals surface area contributed by atoms with Crippen LogP contribution >= 0.6 is 0 Å². The molecule has 10 heavy (non-hydrogen) atoms. The molecule has 0 fully saturated rings. The summed E-state index contributed by atoms with van der Waals surface area (Å²) < 4.78 is 4.40. The van der Waals surface area contributed by atoms with Gasteiger partial charge < -0.3 is 15.2 Å². The Morgan fingerprint density at radius 2 is 2.20 bits per heavy atom. The average Bonchev–Trinajstić information content (AvgIpc) is 1.88. The van der Waals surface area contributed by atoms with Crippen LogP contribution in [0.3, 0.4) is 0 Å². The molecule has 0 saturated heterocycles. The Morgan fingerprint density at radius 1 is 1.70 bits per heavy atom. The van der Waals surface area contributed by atoms with Gasteiger partial charge in [0, 0.05) is 0 Å². The van der Waals surface area contributed by atoms with Gasteiger partial charge in [-0.3, -0.25) is 4.79 Å². The van der Waals surface area contributed by atoms with Gasteiger partial charge in [-0.1, -0.05) is 0 Å². The molecule has 60 valence electrons. The van der Waals surface area contributed by atoms with Gasteiger partial charge in [-0.15, -0.1) is 0 Å². The molecule has 2 atom stereocenters. The molecule has 4 heteroatoms. The van der Waals surface area contributed by atoms with Crippen LogP contribution in [-0.2, 0) is 9.53 Å². The standard InChI is InChI=1S/C6H13NO3/c1-4(8)5(7-2)6(9)10-3/h4-5,7-8H,1-3H3. The van der Waals surface area contributed by atoms with E-state index >= 15 is 0 Å². The topological polar surface area (TPSA) is 58.6 Å². The highest BCUT2D eigenvalue weighted by Gasteiger charge is 2.21. The predicted octanol–water partition coefficient (Wildman–Crippen LogP) is -0.872. The molecule has 2 unspecified atom stereocenters. The molecule has 0 radical (unpaired) electrons. The van der Waals surface area contributed by atoms with Crippen molar-refractivity contribution in [3.63, 3.8) is 0 Å². The second kappa shape index (κ2) is 4.24. The Balaban J connectivity index is 3.93. The van der Waals surface area contributed by atoms with Crippen molar-refractivity contribution < 1.29 is 14.6 Å². The predicted molar refractivity (Wildman–Crippen MR) is 36.5 cm³/mol. The number of aliphatic hydroxyl groups excluding tert-OH is 1. The van der Waals surface area contributed by atoms with Gasteiger partial charge in [0.1, 0.15) is 6.04 Å². The first kappa shape index (κ1) is 9.39. The lowest BCUT2D eigenvalue weighted by Crippen LogP contribution is -2.43. The van der Waals surface area contributed by atoms with E-state index in [1.807, 2.05) is 0 Å². The number of likely N-dealkylation sites (N-methyl/N-ethyl adjacent to an activating group) is 1. The van der Waals surface area contributed by atoms with Gasteiger partial charge in [-0.25, -0.2) is 0 Å². The quantitative estimate of drug-likeness (QED) is 0.509. The monoisotopic (exact) mass is 147 g/mol. The summed E-state index contributed by atoms with van der Waals surface area (Å²) >= 11 is 0. The molecule has 0 bridgehead atoms. The molecule has 0 spiro atoms. The van der Waals surface area contributed by atoms with E-state index in [1.165, 1.54) is 14.0 Å². The molecule has 0 rings (SSSR count). The number of ether oxygens (including phenoxy) is 1. The second-order valence-electron chi connectivity index (χ2n) is 2.03. The molecule has 0 aliphatic rings. The third-order valence-corrected chi connectivity index (χ3v) is 1.25. The van der Waals surface area contributed by atoms with Crippen molar-refractivity contribution in [2.45, 2.75) is 19.1 Å². The lowest BCUT2D eigenvalue weighted by Gasteiger charge is -2.15. The van der Waals surface area contributed by atoms with Gasteiger partial charge in [-0.05, 0) is 14.0 Å². The summed E-state index contributed by atoms with van der Waals surface area (Å²) in [6.45, 7) is 1.53. The van der Waals surface area contributed by atoms with Crippen LogP contribution in [0.1, 0.15) is 6.92 Å². The summed E-state index contributed by atoms with van der Waals surface area (Å²) in [7, 11) is 2.88. The number of hydrogen-bond acceptors (Lipinski definition) is 4. The highest BCUT2D eigenvalue weighted by molar-refractivity contribution is 5.76. The first-order chi connectivity index (χ1) is 4.63. The zero-order valence-electron chi connectivity index (χ0n) is 6.42. The number of rotatable bonds is 3. The number of carbonyl (C=O) groups excluding carboxylic acids is 1. The molecule has 0 aromatic heterocycles. The van der Waals surface area contributed by atoms with E-state index in [-0.39, 0.29) is 0 Å². The Hall–Kier alpha value is -0.610. The molecule has 2 N–H and O–H groups in total. The number of hydrogen-bond donors (Lipinski definition) is 2. The lowest BCUT2D eigenvalue weighted by atomic mass is 10.2. The van der Waals surface area contributed by atoms with Crippen molar-refractivity contribution in [1.82, 2.24) is 5.32 Å². The van der Waals surface area contributed by atoms with E-state index in [1.54, 1.807) is 7.05 Å². The summed E-state index contributed by atoms with van der Waals surface area (Å²) in [6.07, 6.45) is -0.725. The fraction of sp³-hybridized carbons (Fsp3) is 0.833. The molecule has 0 amide bonds. The van der Waals surface area contributed by atoms with Crippen LogP contribution in [-0.4, -0.2) is 37.4 Å². The van der Waals surface area contributed by atoms with Crippen LogP contribution in [0.2, 0.25) is 0 Å². The maximum atomic E-state index is 10.7. The van der Waals surface area contributed by atoms with Gasteiger partial charge in [0.15, 0.2) is 0 Å². The van der Waals surface area contributed by atoms with Crippen LogP contribution < -0.4 is 5.32 Å². The van der Waals surface area contributed by atoms with Gasteiger partial charge in [0.2, 0.25) is 0 Å². The number of aliphatic hydroxyl groups is 1. The molecule has 0 aromatic carbocycles. The zero-order chi connectivity index (χ0) is 8.15. The summed E-state index contributed by atoms with van der Waals surface area (Å²) in [5.41, 5.74) is 0. The Kier molecular flexibility index (Phi) is 3.99. The minimum Gasteiger partial charge on any atom is -0.468 e. The van der Waals surface area contributed by atoms with Crippen molar-refractivity contribution in [2.24, 2.45) is 0 Å². The van der Waals surface area contributed by atoms with E-state index in [0.717, 1.165) is 0 Å². The Morgan fingerprint density at radius 3 is 2.30 bits per heavy atom. The van der Waals surface area contributed by atoms with Crippen LogP contribution in [0.15, 0.2) is 0 Å². The van der Waals surface area contributed by atoms with Gasteiger partial charge in [0.25, 0.3) is 0 Å². The summed E-state index contributed by atoms with van der Waals surface area (Å²) in [4.78, 5) is 10.7. The minimum atomic E-state index is -0.725. The van der Waals surface area contributed by atoms with E-state index in [9.17, 15) is 4.79 Å². The Labute approximate surface area is 60.2 Å². The van der Waals surface area contributed by atoms with Crippen LogP contribution in [0.25, 0.3) is 0 Å². The number of nitrogens with one attached hydrogen (secondary N) is 1. The molecule has 0 heterocycles. The summed E-state index contributed by atoms with van der Waals surface area (Å²) in [6, 6.07) is -0.620. The van der Waals surface area contributed by atoms with Gasteiger partial charge in [-0.2, -0.15) is 0 Å². The maximum Gasteiger partial charge on any atom is 0.325 e. The largest absolute Gasteiger partial charge is 0.468 e. The third-order valence-electron chi connectivity index (χ3n) is 1.25. The van der Waals surface area contributed by atoms with Crippen LogP contribution in [0, 0.1) is 0 Å². The molecule has 0 aliphatic carbocycles. The van der Waals surface area contributed by atoms with E-state index < -0.39 is 18.1 Å². The molecule has 0 saturated carbocycles. The van der Waals surface area contributed by atoms with Crippen molar-refractivity contribution in [3.8, 4) is 0 Å². The average molecular weight is 147 g/mol. The minimum absolute atomic E-state index is 0.447. The van der Waals surface area contributed by atoms with Crippen molar-refractivity contribution in [2.75, 3.05) is 14.2 Å². The normalized spacial score (nSPS) is 16.0. The molecule has 0 aromatic rings. The van der Waals surface area contributed by atoms with Crippen molar-refractivity contribution >= 4 is 5.97 Å². The molecular weight excluding hydrogens is 134 g/mol. The molecule has 4 nitrogen and oxygen atoms in total. The highest BCUT2D eigenvalue weighted by Crippen LogP contribution is 1.93. The fourth-order valence-corrected chi connectivity index (χ4v) is 0.683. The number of carbonyl (C=O) groups is 1. The molecular formula is C6H13NO3. The van der Waals surface area contributed by atoms with E-state index in [2.05, 4.69) is 10.1 Å². The fourth-order valence-electron chi connectivity index (χ4n) is 0.683. The summed E-state index contributed by atoms with van der Waals surface area (Å²) in [5.74, 6) is -0.447. The number of esters is 1. The SMILES string of the molecule is CNC(C(=O)OC)C(C)O. The second-order valence-corrected chi connectivity index (χ2v) is 2.03. The van der Waals surface area contributed by atoms with E-state index in [4.69, 9.17) is 5.11 Å². The lowest BCUT2D eigenvalue weighted by molar-refractivity contribution is -0.145.